The van der Waals surface area contributed by atoms with Crippen molar-refractivity contribution in [2.24, 2.45) is 0 Å². The molecule has 1 saturated heterocycles. The second kappa shape index (κ2) is 5.90. The molecule has 1 aromatic carbocycles. The Morgan fingerprint density at radius 1 is 1.35 bits per heavy atom. The summed E-state index contributed by atoms with van der Waals surface area (Å²) in [7, 11) is 0. The van der Waals surface area contributed by atoms with Crippen molar-refractivity contribution in [3.05, 3.63) is 52.7 Å². The molecule has 1 aliphatic rings. The second-order valence-corrected chi connectivity index (χ2v) is 6.32. The fourth-order valence-corrected chi connectivity index (χ4v) is 3.40. The number of aromatic nitrogens is 1. The van der Waals surface area contributed by atoms with E-state index in [9.17, 15) is 14.7 Å². The number of thiocarbonyl (C=S) groups is 1. The molecule has 8 heteroatoms. The van der Waals surface area contributed by atoms with E-state index in [1.165, 1.54) is 23.1 Å². The number of aromatic hydroxyl groups is 1. The molecule has 116 valence electrons. The Morgan fingerprint density at radius 3 is 2.74 bits per heavy atom. The van der Waals surface area contributed by atoms with Crippen LogP contribution in [0.2, 0.25) is 0 Å². The number of aromatic amines is 1. The largest absolute Gasteiger partial charge is 0.507 e. The van der Waals surface area contributed by atoms with Gasteiger partial charge in [0.25, 0.3) is 5.91 Å². The van der Waals surface area contributed by atoms with Crippen LogP contribution in [0.5, 0.6) is 5.75 Å². The lowest BCUT2D eigenvalue weighted by atomic mass is 10.1. The lowest BCUT2D eigenvalue weighted by Gasteiger charge is -2.15. The predicted octanol–water partition coefficient (Wildman–Crippen LogP) is 2.82. The maximum absolute atomic E-state index is 12.5. The van der Waals surface area contributed by atoms with E-state index < -0.39 is 11.7 Å². The Bertz CT molecular complexity index is 843. The molecule has 0 spiro atoms. The number of carbonyl (C=O) groups excluding carboxylic acids is 1. The number of aromatic carboxylic acids is 1. The zero-order valence-electron chi connectivity index (χ0n) is 11.5. The number of carbonyl (C=O) groups is 2. The molecule has 0 atom stereocenters. The Balaban J connectivity index is 1.95. The van der Waals surface area contributed by atoms with Crippen LogP contribution in [0.4, 0.5) is 5.69 Å². The number of hydrogen-bond donors (Lipinski definition) is 3. The summed E-state index contributed by atoms with van der Waals surface area (Å²) >= 11 is 6.36. The number of thioether (sulfide) groups is 1. The zero-order valence-corrected chi connectivity index (χ0v) is 13.1. The molecular formula is C15H10N2O4S2. The van der Waals surface area contributed by atoms with Crippen molar-refractivity contribution in [3.63, 3.8) is 0 Å². The highest BCUT2D eigenvalue weighted by atomic mass is 32.2. The standard InChI is InChI=1S/C15H10N2O4S2/c18-11-7-9(3-4-10(11)14(20)21)17-13(19)12(23-15(17)22)6-8-2-1-5-16-8/h1-7,16,18H,(H,20,21). The maximum atomic E-state index is 12.5. The maximum Gasteiger partial charge on any atom is 0.339 e. The summed E-state index contributed by atoms with van der Waals surface area (Å²) in [6, 6.07) is 7.52. The topological polar surface area (TPSA) is 93.6 Å². The van der Waals surface area contributed by atoms with E-state index in [2.05, 4.69) is 4.98 Å². The van der Waals surface area contributed by atoms with Crippen LogP contribution in [0.25, 0.3) is 6.08 Å². The number of benzene rings is 1. The molecule has 2 heterocycles. The van der Waals surface area contributed by atoms with Crippen molar-refractivity contribution in [1.29, 1.82) is 0 Å². The molecule has 6 nitrogen and oxygen atoms in total. The van der Waals surface area contributed by atoms with Crippen molar-refractivity contribution < 1.29 is 19.8 Å². The fourth-order valence-electron chi connectivity index (χ4n) is 2.11. The molecule has 2 aromatic rings. The van der Waals surface area contributed by atoms with E-state index in [1.807, 2.05) is 12.1 Å². The molecule has 3 N–H and O–H groups in total. The molecule has 0 aliphatic carbocycles. The summed E-state index contributed by atoms with van der Waals surface area (Å²) in [5.74, 6) is -1.99. The predicted molar refractivity (Wildman–Crippen MR) is 91.5 cm³/mol. The van der Waals surface area contributed by atoms with E-state index >= 15 is 0 Å². The minimum absolute atomic E-state index is 0.235. The van der Waals surface area contributed by atoms with Crippen LogP contribution in [0.15, 0.2) is 41.4 Å². The number of amides is 1. The van der Waals surface area contributed by atoms with Gasteiger partial charge in [0.05, 0.1) is 10.6 Å². The molecule has 1 aliphatic heterocycles. The first-order valence-corrected chi connectivity index (χ1v) is 7.67. The van der Waals surface area contributed by atoms with Crippen LogP contribution >= 0.6 is 24.0 Å². The van der Waals surface area contributed by atoms with Gasteiger partial charge in [0.15, 0.2) is 4.32 Å². The Labute approximate surface area is 140 Å². The highest BCUT2D eigenvalue weighted by Crippen LogP contribution is 2.37. The van der Waals surface area contributed by atoms with Gasteiger partial charge >= 0.3 is 5.97 Å². The molecule has 0 saturated carbocycles. The zero-order chi connectivity index (χ0) is 16.6. The fraction of sp³-hybridized carbons (Fsp3) is 0. The minimum Gasteiger partial charge on any atom is -0.507 e. The van der Waals surface area contributed by atoms with Gasteiger partial charge in [0.1, 0.15) is 11.3 Å². The number of H-pyrrole nitrogens is 1. The van der Waals surface area contributed by atoms with E-state index in [1.54, 1.807) is 12.3 Å². The van der Waals surface area contributed by atoms with Crippen LogP contribution in [0, 0.1) is 0 Å². The summed E-state index contributed by atoms with van der Waals surface area (Å²) in [4.78, 5) is 28.1. The van der Waals surface area contributed by atoms with Gasteiger partial charge in [0.2, 0.25) is 0 Å². The molecule has 0 bridgehead atoms. The molecule has 0 radical (unpaired) electrons. The van der Waals surface area contributed by atoms with Crippen LogP contribution in [-0.4, -0.2) is 31.4 Å². The van der Waals surface area contributed by atoms with Crippen molar-refractivity contribution in [1.82, 2.24) is 4.98 Å². The number of nitrogens with zero attached hydrogens (tertiary/aromatic N) is 1. The van der Waals surface area contributed by atoms with Crippen molar-refractivity contribution in [2.45, 2.75) is 0 Å². The number of phenols is 1. The smallest absolute Gasteiger partial charge is 0.339 e. The van der Waals surface area contributed by atoms with E-state index in [0.29, 0.717) is 14.9 Å². The van der Waals surface area contributed by atoms with E-state index in [0.717, 1.165) is 17.5 Å². The molecule has 1 aromatic heterocycles. The summed E-state index contributed by atoms with van der Waals surface area (Å²) in [5.41, 5.74) is 0.862. The lowest BCUT2D eigenvalue weighted by Crippen LogP contribution is -2.27. The van der Waals surface area contributed by atoms with Crippen molar-refractivity contribution in [3.8, 4) is 5.75 Å². The number of nitrogens with one attached hydrogen (secondary N) is 1. The summed E-state index contributed by atoms with van der Waals surface area (Å²) in [5, 5.41) is 18.7. The van der Waals surface area contributed by atoms with Crippen LogP contribution < -0.4 is 4.90 Å². The number of carboxylic acid groups (broad SMARTS) is 1. The number of carboxylic acids is 1. The molecule has 1 amide bonds. The number of rotatable bonds is 3. The van der Waals surface area contributed by atoms with Crippen LogP contribution in [-0.2, 0) is 4.79 Å². The third kappa shape index (κ3) is 2.86. The van der Waals surface area contributed by atoms with Gasteiger partial charge < -0.3 is 15.2 Å². The van der Waals surface area contributed by atoms with Crippen molar-refractivity contribution in [2.75, 3.05) is 4.90 Å². The normalized spacial score (nSPS) is 16.3. The first-order chi connectivity index (χ1) is 11.0. The lowest BCUT2D eigenvalue weighted by molar-refractivity contribution is -0.113. The third-order valence-electron chi connectivity index (χ3n) is 3.17. The second-order valence-electron chi connectivity index (χ2n) is 4.65. The number of hydrogen-bond acceptors (Lipinski definition) is 5. The van der Waals surface area contributed by atoms with Gasteiger partial charge in [-0.15, -0.1) is 0 Å². The van der Waals surface area contributed by atoms with Gasteiger partial charge in [-0.3, -0.25) is 9.69 Å². The molecule has 0 unspecified atom stereocenters. The van der Waals surface area contributed by atoms with Crippen molar-refractivity contribution >= 4 is 51.9 Å². The van der Waals surface area contributed by atoms with Gasteiger partial charge in [-0.1, -0.05) is 24.0 Å². The van der Waals surface area contributed by atoms with Gasteiger partial charge in [-0.05, 0) is 30.3 Å². The first kappa shape index (κ1) is 15.3. The van der Waals surface area contributed by atoms with E-state index in [-0.39, 0.29) is 11.5 Å². The SMILES string of the molecule is O=C(O)c1ccc(N2C(=O)C(=Cc3ccc[nH]3)SC2=S)cc1O. The highest BCUT2D eigenvalue weighted by Gasteiger charge is 2.33. The average molecular weight is 346 g/mol. The summed E-state index contributed by atoms with van der Waals surface area (Å²) < 4.78 is 0.315. The van der Waals surface area contributed by atoms with E-state index in [4.69, 9.17) is 17.3 Å². The van der Waals surface area contributed by atoms with Gasteiger partial charge in [0, 0.05) is 18.0 Å². The number of anilines is 1. The Kier molecular flexibility index (Phi) is 3.93. The Hall–Kier alpha value is -2.58. The Morgan fingerprint density at radius 2 is 2.13 bits per heavy atom. The van der Waals surface area contributed by atoms with Crippen LogP contribution in [0.3, 0.4) is 0 Å². The quantitative estimate of drug-likeness (QED) is 0.584. The first-order valence-electron chi connectivity index (χ1n) is 6.45. The molecular weight excluding hydrogens is 336 g/mol. The average Bonchev–Trinajstić information content (AvgIpc) is 3.08. The monoisotopic (exact) mass is 346 g/mol. The molecule has 3 rings (SSSR count). The summed E-state index contributed by atoms with van der Waals surface area (Å²) in [6.45, 7) is 0. The molecule has 1 fully saturated rings. The highest BCUT2D eigenvalue weighted by molar-refractivity contribution is 8.27. The molecule has 23 heavy (non-hydrogen) atoms. The van der Waals surface area contributed by atoms with Gasteiger partial charge in [-0.25, -0.2) is 4.79 Å². The third-order valence-corrected chi connectivity index (χ3v) is 4.47. The van der Waals surface area contributed by atoms with Gasteiger partial charge in [-0.2, -0.15) is 0 Å². The van der Waals surface area contributed by atoms with Crippen LogP contribution in [0.1, 0.15) is 16.1 Å². The summed E-state index contributed by atoms with van der Waals surface area (Å²) in [6.07, 6.45) is 3.43. The minimum atomic E-state index is -1.24.